The normalized spacial score (nSPS) is 17.1. The zero-order valence-corrected chi connectivity index (χ0v) is 19.7. The number of nitrogens with one attached hydrogen (secondary N) is 1. The molecule has 2 aromatic carbocycles. The second-order valence-corrected chi connectivity index (χ2v) is 8.88. The molecular weight excluding hydrogens is 448 g/mol. The van der Waals surface area contributed by atoms with E-state index in [0.29, 0.717) is 0 Å². The van der Waals surface area contributed by atoms with Crippen molar-refractivity contribution in [1.82, 2.24) is 10.2 Å². The highest BCUT2D eigenvalue weighted by atomic mass is 16.5. The number of piperidine rings is 1. The summed E-state index contributed by atoms with van der Waals surface area (Å²) in [5, 5.41) is 12.2. The molecule has 184 valence electrons. The van der Waals surface area contributed by atoms with Crippen LogP contribution in [0.4, 0.5) is 4.79 Å². The lowest BCUT2D eigenvalue weighted by atomic mass is 9.91. The average Bonchev–Trinajstić information content (AvgIpc) is 3.20. The molecule has 1 fully saturated rings. The number of benzene rings is 2. The Bertz CT molecular complexity index is 1080. The first-order valence-corrected chi connectivity index (χ1v) is 11.7. The van der Waals surface area contributed by atoms with Crippen molar-refractivity contribution in [1.29, 1.82) is 0 Å². The molecule has 2 N–H and O–H groups in total. The summed E-state index contributed by atoms with van der Waals surface area (Å²) < 4.78 is 10.8. The number of hydrogen-bond donors (Lipinski definition) is 2. The van der Waals surface area contributed by atoms with Gasteiger partial charge >= 0.3 is 12.1 Å². The molecule has 1 unspecified atom stereocenters. The number of carbonyl (C=O) groups excluding carboxylic acids is 2. The highest BCUT2D eigenvalue weighted by Gasteiger charge is 2.43. The van der Waals surface area contributed by atoms with Crippen molar-refractivity contribution >= 4 is 18.0 Å². The molecule has 0 aromatic heterocycles. The van der Waals surface area contributed by atoms with Gasteiger partial charge in [0.25, 0.3) is 0 Å². The Balaban J connectivity index is 1.38. The van der Waals surface area contributed by atoms with E-state index in [1.54, 1.807) is 11.0 Å². The van der Waals surface area contributed by atoms with Crippen molar-refractivity contribution < 1.29 is 29.0 Å². The fourth-order valence-electron chi connectivity index (χ4n) is 4.98. The fourth-order valence-corrected chi connectivity index (χ4v) is 4.98. The molecule has 1 aliphatic carbocycles. The molecule has 8 heteroatoms. The van der Waals surface area contributed by atoms with E-state index in [0.717, 1.165) is 22.3 Å². The lowest BCUT2D eigenvalue weighted by Crippen LogP contribution is -2.56. The number of carboxylic acids is 1. The number of methoxy groups -OCH3 is 1. The number of carboxylic acid groups (broad SMARTS) is 1. The highest BCUT2D eigenvalue weighted by molar-refractivity contribution is 5.86. The number of nitrogens with zero attached hydrogens (tertiary/aromatic N) is 1. The standard InChI is InChI=1S/C27H30N2O6/c1-3-8-23(24(30)29-15-13-27(34-2,14-16-29)25(31)32)28-26(33)35-17-22-20-11-6-4-9-18(20)19-10-5-7-12-21(19)22/h3-7,9-12,22-23H,1,8,13-17H2,2H3,(H,28,33)(H,31,32). The lowest BCUT2D eigenvalue weighted by molar-refractivity contribution is -0.170. The molecule has 2 amide bonds. The summed E-state index contributed by atoms with van der Waals surface area (Å²) in [6.07, 6.45) is 1.47. The summed E-state index contributed by atoms with van der Waals surface area (Å²) in [5.74, 6) is -1.41. The second-order valence-electron chi connectivity index (χ2n) is 8.88. The zero-order valence-electron chi connectivity index (χ0n) is 19.7. The van der Waals surface area contributed by atoms with E-state index in [9.17, 15) is 19.5 Å². The topological polar surface area (TPSA) is 105 Å². The zero-order chi connectivity index (χ0) is 25.0. The minimum atomic E-state index is -1.29. The SMILES string of the molecule is C=CCC(NC(=O)OCC1c2ccccc2-c2ccccc21)C(=O)N1CCC(OC)(C(=O)O)CC1. The van der Waals surface area contributed by atoms with Gasteiger partial charge in [0.2, 0.25) is 5.91 Å². The first kappa shape index (κ1) is 24.5. The molecule has 4 rings (SSSR count). The van der Waals surface area contributed by atoms with Crippen molar-refractivity contribution in [3.8, 4) is 11.1 Å². The van der Waals surface area contributed by atoms with Crippen molar-refractivity contribution in [2.45, 2.75) is 36.8 Å². The van der Waals surface area contributed by atoms with Gasteiger partial charge in [-0.15, -0.1) is 6.58 Å². The lowest BCUT2D eigenvalue weighted by Gasteiger charge is -2.38. The third-order valence-corrected chi connectivity index (χ3v) is 7.00. The van der Waals surface area contributed by atoms with Gasteiger partial charge in [-0.05, 0) is 28.7 Å². The van der Waals surface area contributed by atoms with Crippen LogP contribution in [0.3, 0.4) is 0 Å². The van der Waals surface area contributed by atoms with Crippen LogP contribution in [0.25, 0.3) is 11.1 Å². The number of alkyl carbamates (subject to hydrolysis) is 1. The van der Waals surface area contributed by atoms with Crippen LogP contribution in [0.1, 0.15) is 36.3 Å². The molecular formula is C27H30N2O6. The average molecular weight is 479 g/mol. The minimum absolute atomic E-state index is 0.0815. The molecule has 0 radical (unpaired) electrons. The predicted molar refractivity (Wildman–Crippen MR) is 130 cm³/mol. The Morgan fingerprint density at radius 1 is 1.11 bits per heavy atom. The molecule has 1 saturated heterocycles. The molecule has 0 bridgehead atoms. The maximum Gasteiger partial charge on any atom is 0.407 e. The van der Waals surface area contributed by atoms with E-state index in [4.69, 9.17) is 9.47 Å². The number of carbonyl (C=O) groups is 3. The van der Waals surface area contributed by atoms with E-state index >= 15 is 0 Å². The van der Waals surface area contributed by atoms with Gasteiger partial charge in [0, 0.05) is 39.0 Å². The smallest absolute Gasteiger partial charge is 0.407 e. The van der Waals surface area contributed by atoms with Gasteiger partial charge in [0.05, 0.1) is 0 Å². The first-order valence-electron chi connectivity index (χ1n) is 11.7. The molecule has 1 atom stereocenters. The quantitative estimate of drug-likeness (QED) is 0.562. The van der Waals surface area contributed by atoms with Gasteiger partial charge in [0.15, 0.2) is 5.60 Å². The molecule has 0 spiro atoms. The molecule has 1 aliphatic heterocycles. The summed E-state index contributed by atoms with van der Waals surface area (Å²) >= 11 is 0. The van der Waals surface area contributed by atoms with Crippen LogP contribution in [0.5, 0.6) is 0 Å². The van der Waals surface area contributed by atoms with Crippen LogP contribution in [-0.4, -0.2) is 66.4 Å². The molecule has 8 nitrogen and oxygen atoms in total. The Kier molecular flexibility index (Phi) is 7.21. The maximum absolute atomic E-state index is 13.1. The Morgan fingerprint density at radius 2 is 1.69 bits per heavy atom. The van der Waals surface area contributed by atoms with Crippen LogP contribution < -0.4 is 5.32 Å². The number of amides is 2. The van der Waals surface area contributed by atoms with Gasteiger partial charge in [-0.2, -0.15) is 0 Å². The summed E-state index contributed by atoms with van der Waals surface area (Å²) in [6.45, 7) is 4.28. The monoisotopic (exact) mass is 478 g/mol. The fraction of sp³-hybridized carbons (Fsp3) is 0.370. The summed E-state index contributed by atoms with van der Waals surface area (Å²) in [6, 6.07) is 15.3. The third-order valence-electron chi connectivity index (χ3n) is 7.00. The van der Waals surface area contributed by atoms with Crippen LogP contribution >= 0.6 is 0 Å². The van der Waals surface area contributed by atoms with Crippen LogP contribution in [0, 0.1) is 0 Å². The van der Waals surface area contributed by atoms with Gasteiger partial charge in [-0.25, -0.2) is 9.59 Å². The van der Waals surface area contributed by atoms with Gasteiger partial charge < -0.3 is 24.8 Å². The third kappa shape index (κ3) is 4.79. The van der Waals surface area contributed by atoms with Crippen molar-refractivity contribution in [2.75, 3.05) is 26.8 Å². The Morgan fingerprint density at radius 3 is 2.20 bits per heavy atom. The number of likely N-dealkylation sites (tertiary alicyclic amines) is 1. The van der Waals surface area contributed by atoms with Crippen molar-refractivity contribution in [3.63, 3.8) is 0 Å². The number of rotatable bonds is 8. The summed E-state index contributed by atoms with van der Waals surface area (Å²) in [5.41, 5.74) is 3.19. The highest BCUT2D eigenvalue weighted by Crippen LogP contribution is 2.44. The number of ether oxygens (including phenoxy) is 2. The predicted octanol–water partition coefficient (Wildman–Crippen LogP) is 3.56. The summed E-state index contributed by atoms with van der Waals surface area (Å²) in [4.78, 5) is 38.9. The molecule has 2 aromatic rings. The van der Waals surface area contributed by atoms with Gasteiger partial charge in [0.1, 0.15) is 12.6 Å². The number of hydrogen-bond acceptors (Lipinski definition) is 5. The van der Waals surface area contributed by atoms with Crippen LogP contribution in [0.2, 0.25) is 0 Å². The Labute approximate surface area is 204 Å². The largest absolute Gasteiger partial charge is 0.479 e. The van der Waals surface area contributed by atoms with E-state index in [1.807, 2.05) is 36.4 Å². The number of fused-ring (bicyclic) bond motifs is 3. The van der Waals surface area contributed by atoms with Crippen LogP contribution in [-0.2, 0) is 19.1 Å². The Hall–Kier alpha value is -3.65. The van der Waals surface area contributed by atoms with E-state index in [-0.39, 0.29) is 50.8 Å². The number of aliphatic carboxylic acids is 1. The first-order chi connectivity index (χ1) is 16.9. The summed E-state index contributed by atoms with van der Waals surface area (Å²) in [7, 11) is 1.37. The van der Waals surface area contributed by atoms with E-state index < -0.39 is 23.7 Å². The molecule has 0 saturated carbocycles. The maximum atomic E-state index is 13.1. The van der Waals surface area contributed by atoms with Gasteiger partial charge in [-0.1, -0.05) is 54.6 Å². The van der Waals surface area contributed by atoms with Crippen molar-refractivity contribution in [2.24, 2.45) is 0 Å². The second kappa shape index (κ2) is 10.3. The van der Waals surface area contributed by atoms with Crippen molar-refractivity contribution in [3.05, 3.63) is 72.3 Å². The molecule has 1 heterocycles. The minimum Gasteiger partial charge on any atom is -0.479 e. The van der Waals surface area contributed by atoms with E-state index in [1.165, 1.54) is 7.11 Å². The molecule has 35 heavy (non-hydrogen) atoms. The van der Waals surface area contributed by atoms with Crippen LogP contribution in [0.15, 0.2) is 61.2 Å². The van der Waals surface area contributed by atoms with E-state index in [2.05, 4.69) is 24.0 Å². The molecule has 2 aliphatic rings. The van der Waals surface area contributed by atoms with Gasteiger partial charge in [-0.3, -0.25) is 4.79 Å².